The van der Waals surface area contributed by atoms with Crippen LogP contribution in [0.15, 0.2) is 83.9 Å². The Bertz CT molecular complexity index is 1020. The van der Waals surface area contributed by atoms with Crippen LogP contribution in [0, 0.1) is 5.92 Å². The second kappa shape index (κ2) is 9.16. The van der Waals surface area contributed by atoms with Gasteiger partial charge >= 0.3 is 0 Å². The quantitative estimate of drug-likeness (QED) is 0.416. The molecule has 3 aliphatic rings. The maximum absolute atomic E-state index is 6.25. The highest BCUT2D eigenvalue weighted by molar-refractivity contribution is 6.42. The molecule has 2 bridgehead atoms. The van der Waals surface area contributed by atoms with Crippen molar-refractivity contribution in [3.05, 3.63) is 106 Å². The van der Waals surface area contributed by atoms with Crippen LogP contribution in [0.2, 0.25) is 10.0 Å². The van der Waals surface area contributed by atoms with E-state index in [4.69, 9.17) is 28.2 Å². The van der Waals surface area contributed by atoms with Gasteiger partial charge in [0.2, 0.25) is 0 Å². The van der Waals surface area contributed by atoms with Crippen molar-refractivity contribution in [3.8, 4) is 0 Å². The lowest BCUT2D eigenvalue weighted by Crippen LogP contribution is -2.58. The number of piperidine rings is 3. The number of aliphatic imine (C=N–C) groups is 1. The molecule has 3 fully saturated rings. The summed E-state index contributed by atoms with van der Waals surface area (Å²) < 4.78 is 0. The molecule has 6 rings (SSSR count). The maximum atomic E-state index is 6.25. The first-order valence-corrected chi connectivity index (χ1v) is 11.8. The SMILES string of the molecule is Clc1ccc(CN=C2C3CCN(CC3)C2C(c2ccccc2)c2ccccc2)cc1Cl. The van der Waals surface area contributed by atoms with Crippen molar-refractivity contribution in [2.45, 2.75) is 31.3 Å². The van der Waals surface area contributed by atoms with E-state index in [-0.39, 0.29) is 5.92 Å². The summed E-state index contributed by atoms with van der Waals surface area (Å²) in [6, 6.07) is 28.0. The topological polar surface area (TPSA) is 15.6 Å². The average Bonchev–Trinajstić information content (AvgIpc) is 2.83. The Morgan fingerprint density at radius 1 is 0.806 bits per heavy atom. The Balaban J connectivity index is 1.55. The van der Waals surface area contributed by atoms with E-state index in [1.165, 1.54) is 29.7 Å². The van der Waals surface area contributed by atoms with Crippen molar-refractivity contribution >= 4 is 28.9 Å². The second-order valence-electron chi connectivity index (χ2n) is 8.54. The molecule has 0 aliphatic carbocycles. The lowest BCUT2D eigenvalue weighted by Gasteiger charge is -2.49. The van der Waals surface area contributed by atoms with Gasteiger partial charge in [0, 0.05) is 17.5 Å². The number of hydrogen-bond acceptors (Lipinski definition) is 2. The summed E-state index contributed by atoms with van der Waals surface area (Å²) in [5.41, 5.74) is 5.16. The second-order valence-corrected chi connectivity index (χ2v) is 9.36. The van der Waals surface area contributed by atoms with Gasteiger partial charge in [-0.05, 0) is 54.8 Å². The third kappa shape index (κ3) is 4.30. The normalized spacial score (nSPS) is 24.1. The van der Waals surface area contributed by atoms with Gasteiger partial charge in [-0.15, -0.1) is 0 Å². The Morgan fingerprint density at radius 2 is 1.42 bits per heavy atom. The van der Waals surface area contributed by atoms with Crippen LogP contribution in [0.4, 0.5) is 0 Å². The fourth-order valence-corrected chi connectivity index (χ4v) is 5.53. The van der Waals surface area contributed by atoms with Crippen LogP contribution in [0.25, 0.3) is 0 Å². The van der Waals surface area contributed by atoms with Crippen molar-refractivity contribution in [1.29, 1.82) is 0 Å². The van der Waals surface area contributed by atoms with Gasteiger partial charge < -0.3 is 0 Å². The third-order valence-corrected chi connectivity index (χ3v) is 7.44. The van der Waals surface area contributed by atoms with Gasteiger partial charge in [0.15, 0.2) is 0 Å². The van der Waals surface area contributed by atoms with E-state index < -0.39 is 0 Å². The van der Waals surface area contributed by atoms with E-state index in [1.54, 1.807) is 0 Å². The smallest absolute Gasteiger partial charge is 0.0640 e. The number of hydrogen-bond donors (Lipinski definition) is 0. The molecular formula is C27H26Cl2N2. The minimum absolute atomic E-state index is 0.276. The van der Waals surface area contributed by atoms with E-state index in [2.05, 4.69) is 65.6 Å². The predicted molar refractivity (Wildman–Crippen MR) is 130 cm³/mol. The fourth-order valence-electron chi connectivity index (χ4n) is 5.20. The summed E-state index contributed by atoms with van der Waals surface area (Å²) in [4.78, 5) is 7.88. The molecule has 0 saturated carbocycles. The molecule has 4 heteroatoms. The molecule has 31 heavy (non-hydrogen) atoms. The van der Waals surface area contributed by atoms with Crippen molar-refractivity contribution in [2.75, 3.05) is 13.1 Å². The van der Waals surface area contributed by atoms with E-state index in [9.17, 15) is 0 Å². The maximum Gasteiger partial charge on any atom is 0.0640 e. The van der Waals surface area contributed by atoms with Gasteiger partial charge in [-0.3, -0.25) is 9.89 Å². The molecule has 3 aliphatic heterocycles. The standard InChI is InChI=1S/C27H26Cl2N2/c28-23-12-11-19(17-24(23)29)18-30-26-22-13-15-31(16-14-22)27(26)25(20-7-3-1-4-8-20)21-9-5-2-6-10-21/h1-12,17,22,25,27H,13-16,18H2. The first-order chi connectivity index (χ1) is 15.2. The van der Waals surface area contributed by atoms with Crippen LogP contribution in [-0.4, -0.2) is 29.7 Å². The Kier molecular flexibility index (Phi) is 6.13. The molecule has 2 nitrogen and oxygen atoms in total. The number of rotatable bonds is 5. The molecule has 0 radical (unpaired) electrons. The summed E-state index contributed by atoms with van der Waals surface area (Å²) in [5.74, 6) is 0.839. The van der Waals surface area contributed by atoms with Crippen LogP contribution in [0.1, 0.15) is 35.4 Å². The first-order valence-electron chi connectivity index (χ1n) is 11.0. The Hall–Kier alpha value is -2.13. The van der Waals surface area contributed by atoms with Crippen LogP contribution in [0.5, 0.6) is 0 Å². The first kappa shape index (κ1) is 20.8. The lowest BCUT2D eigenvalue weighted by molar-refractivity contribution is 0.135. The number of fused-ring (bicyclic) bond motifs is 3. The fraction of sp³-hybridized carbons (Fsp3) is 0.296. The van der Waals surface area contributed by atoms with Gasteiger partial charge in [0.1, 0.15) is 0 Å². The summed E-state index contributed by atoms with van der Waals surface area (Å²) in [6.07, 6.45) is 2.40. The highest BCUT2D eigenvalue weighted by Crippen LogP contribution is 2.40. The zero-order chi connectivity index (χ0) is 21.2. The molecule has 3 heterocycles. The summed E-state index contributed by atoms with van der Waals surface area (Å²) >= 11 is 12.4. The van der Waals surface area contributed by atoms with E-state index in [0.29, 0.717) is 28.5 Å². The average molecular weight is 449 g/mol. The zero-order valence-corrected chi connectivity index (χ0v) is 18.9. The monoisotopic (exact) mass is 448 g/mol. The van der Waals surface area contributed by atoms with Gasteiger partial charge in [-0.2, -0.15) is 0 Å². The largest absolute Gasteiger partial charge is 0.294 e. The van der Waals surface area contributed by atoms with E-state index in [1.807, 2.05) is 18.2 Å². The molecule has 3 saturated heterocycles. The van der Waals surface area contributed by atoms with Crippen LogP contribution < -0.4 is 0 Å². The van der Waals surface area contributed by atoms with Crippen molar-refractivity contribution in [2.24, 2.45) is 10.9 Å². The van der Waals surface area contributed by atoms with Crippen LogP contribution >= 0.6 is 23.2 Å². The Labute approximate surface area is 194 Å². The van der Waals surface area contributed by atoms with Gasteiger partial charge in [-0.1, -0.05) is 89.9 Å². The van der Waals surface area contributed by atoms with Gasteiger partial charge in [0.05, 0.1) is 22.6 Å². The predicted octanol–water partition coefficient (Wildman–Crippen LogP) is 6.86. The molecular weight excluding hydrogens is 423 g/mol. The minimum Gasteiger partial charge on any atom is -0.294 e. The third-order valence-electron chi connectivity index (χ3n) is 6.71. The number of benzene rings is 3. The molecule has 3 aromatic carbocycles. The molecule has 1 unspecified atom stereocenters. The van der Waals surface area contributed by atoms with Crippen molar-refractivity contribution in [3.63, 3.8) is 0 Å². The van der Waals surface area contributed by atoms with Crippen molar-refractivity contribution < 1.29 is 0 Å². The molecule has 0 aromatic heterocycles. The summed E-state index contributed by atoms with van der Waals surface area (Å²) in [6.45, 7) is 2.94. The van der Waals surface area contributed by atoms with Gasteiger partial charge in [0.25, 0.3) is 0 Å². The Morgan fingerprint density at radius 3 is 2.00 bits per heavy atom. The van der Waals surface area contributed by atoms with E-state index in [0.717, 1.165) is 18.7 Å². The molecule has 0 amide bonds. The zero-order valence-electron chi connectivity index (χ0n) is 17.4. The summed E-state index contributed by atoms with van der Waals surface area (Å²) in [5, 5.41) is 1.18. The minimum atomic E-state index is 0.276. The van der Waals surface area contributed by atoms with E-state index >= 15 is 0 Å². The van der Waals surface area contributed by atoms with Gasteiger partial charge in [-0.25, -0.2) is 0 Å². The molecule has 1 atom stereocenters. The molecule has 3 aromatic rings. The number of halogens is 2. The number of nitrogens with zero attached hydrogens (tertiary/aromatic N) is 2. The highest BCUT2D eigenvalue weighted by Gasteiger charge is 2.43. The lowest BCUT2D eigenvalue weighted by atomic mass is 9.72. The molecule has 158 valence electrons. The summed E-state index contributed by atoms with van der Waals surface area (Å²) in [7, 11) is 0. The van der Waals surface area contributed by atoms with Crippen molar-refractivity contribution in [1.82, 2.24) is 4.90 Å². The van der Waals surface area contributed by atoms with Crippen LogP contribution in [0.3, 0.4) is 0 Å². The highest BCUT2D eigenvalue weighted by atomic mass is 35.5. The van der Waals surface area contributed by atoms with Crippen LogP contribution in [-0.2, 0) is 6.54 Å². The molecule has 0 N–H and O–H groups in total. The molecule has 0 spiro atoms.